The molecule has 0 bridgehead atoms. The van der Waals surface area contributed by atoms with Crippen LogP contribution in [0.15, 0.2) is 97.1 Å². The molecule has 0 aromatic heterocycles. The van der Waals surface area contributed by atoms with Gasteiger partial charge in [0.05, 0.1) is 23.6 Å². The van der Waals surface area contributed by atoms with E-state index in [1.165, 1.54) is 0 Å². The highest BCUT2D eigenvalue weighted by molar-refractivity contribution is 6.37. The lowest BCUT2D eigenvalue weighted by Gasteiger charge is -2.27. The third-order valence-corrected chi connectivity index (χ3v) is 8.32. The number of imide groups is 1. The third-order valence-electron chi connectivity index (χ3n) is 8.07. The summed E-state index contributed by atoms with van der Waals surface area (Å²) >= 11 is 5.95. The van der Waals surface area contributed by atoms with Gasteiger partial charge in [0.1, 0.15) is 11.5 Å². The van der Waals surface area contributed by atoms with Crippen LogP contribution in [-0.4, -0.2) is 29.0 Å². The van der Waals surface area contributed by atoms with E-state index in [9.17, 15) is 19.2 Å². The van der Waals surface area contributed by atoms with Gasteiger partial charge in [-0.05, 0) is 61.0 Å². The minimum absolute atomic E-state index is 0.197. The van der Waals surface area contributed by atoms with Crippen LogP contribution in [0.3, 0.4) is 0 Å². The molecule has 2 fully saturated rings. The first-order valence-electron chi connectivity index (χ1n) is 13.1. The van der Waals surface area contributed by atoms with Gasteiger partial charge in [0, 0.05) is 16.1 Å². The highest BCUT2D eigenvalue weighted by atomic mass is 35.5. The highest BCUT2D eigenvalue weighted by Crippen LogP contribution is 2.57. The van der Waals surface area contributed by atoms with E-state index in [2.05, 4.69) is 0 Å². The van der Waals surface area contributed by atoms with Crippen LogP contribution < -0.4 is 9.64 Å². The van der Waals surface area contributed by atoms with Crippen LogP contribution in [0.1, 0.15) is 37.9 Å². The zero-order chi connectivity index (χ0) is 28.5. The fourth-order valence-corrected chi connectivity index (χ4v) is 6.26. The molecular formula is C33H22ClNO6. The molecule has 2 aliphatic heterocycles. The molecule has 4 aromatic carbocycles. The van der Waals surface area contributed by atoms with Gasteiger partial charge in [-0.2, -0.15) is 0 Å². The lowest BCUT2D eigenvalue weighted by Crippen LogP contribution is -2.51. The lowest BCUT2D eigenvalue weighted by atomic mass is 9.77. The number of carbonyl (C=O) groups excluding carboxylic acids is 4. The van der Waals surface area contributed by atoms with E-state index >= 15 is 0 Å². The molecule has 1 spiro atoms. The van der Waals surface area contributed by atoms with E-state index in [1.54, 1.807) is 84.9 Å². The molecule has 2 amide bonds. The molecule has 0 unspecified atom stereocenters. The van der Waals surface area contributed by atoms with Crippen LogP contribution in [0.25, 0.3) is 0 Å². The summed E-state index contributed by atoms with van der Waals surface area (Å²) in [6.07, 6.45) is -0.961. The number of hydrogen-bond donors (Lipinski definition) is 0. The van der Waals surface area contributed by atoms with E-state index in [1.807, 2.05) is 19.1 Å². The Morgan fingerprint density at radius 2 is 1.29 bits per heavy atom. The molecule has 41 heavy (non-hydrogen) atoms. The maximum absolute atomic E-state index is 14.1. The molecule has 0 radical (unpaired) electrons. The van der Waals surface area contributed by atoms with Gasteiger partial charge in [-0.15, -0.1) is 0 Å². The van der Waals surface area contributed by atoms with Gasteiger partial charge in [0.25, 0.3) is 0 Å². The summed E-state index contributed by atoms with van der Waals surface area (Å²) in [6, 6.07) is 27.1. The van der Waals surface area contributed by atoms with Gasteiger partial charge < -0.3 is 9.47 Å². The second-order valence-corrected chi connectivity index (χ2v) is 10.9. The Morgan fingerprint density at radius 1 is 0.732 bits per heavy atom. The number of Topliss-reactive ketones (excluding diaryl/α,β-unsaturated/α-hetero) is 2. The molecule has 0 saturated carbocycles. The van der Waals surface area contributed by atoms with E-state index in [4.69, 9.17) is 21.1 Å². The zero-order valence-electron chi connectivity index (χ0n) is 21.7. The molecule has 3 atom stereocenters. The number of carbonyl (C=O) groups is 4. The molecule has 4 aromatic rings. The highest BCUT2D eigenvalue weighted by Gasteiger charge is 2.74. The molecule has 7 nitrogen and oxygen atoms in total. The van der Waals surface area contributed by atoms with E-state index in [0.717, 1.165) is 10.5 Å². The summed E-state index contributed by atoms with van der Waals surface area (Å²) in [6.45, 7) is 1.93. The number of fused-ring (bicyclic) bond motifs is 3. The second kappa shape index (κ2) is 9.23. The van der Waals surface area contributed by atoms with E-state index in [-0.39, 0.29) is 11.1 Å². The second-order valence-electron chi connectivity index (χ2n) is 10.5. The van der Waals surface area contributed by atoms with Crippen molar-refractivity contribution in [2.45, 2.75) is 18.6 Å². The fraction of sp³-hybridized carbons (Fsp3) is 0.152. The fourth-order valence-electron chi connectivity index (χ4n) is 6.13. The normalized spacial score (nSPS) is 22.4. The molecular weight excluding hydrogens is 542 g/mol. The number of aryl methyl sites for hydroxylation is 1. The Kier molecular flexibility index (Phi) is 5.71. The molecule has 2 heterocycles. The number of hydrogen-bond acceptors (Lipinski definition) is 6. The summed E-state index contributed by atoms with van der Waals surface area (Å²) in [7, 11) is 0. The number of anilines is 1. The van der Waals surface area contributed by atoms with Crippen LogP contribution in [0.5, 0.6) is 11.5 Å². The number of ketones is 2. The quantitative estimate of drug-likeness (QED) is 0.219. The summed E-state index contributed by atoms with van der Waals surface area (Å²) in [4.78, 5) is 57.0. The predicted octanol–water partition coefficient (Wildman–Crippen LogP) is 6.14. The number of rotatable bonds is 4. The van der Waals surface area contributed by atoms with Gasteiger partial charge in [0.15, 0.2) is 0 Å². The third kappa shape index (κ3) is 3.70. The van der Waals surface area contributed by atoms with E-state index < -0.39 is 46.9 Å². The van der Waals surface area contributed by atoms with Crippen molar-refractivity contribution in [2.24, 2.45) is 11.8 Å². The van der Waals surface area contributed by atoms with Crippen molar-refractivity contribution in [3.63, 3.8) is 0 Å². The number of amides is 2. The average molecular weight is 564 g/mol. The average Bonchev–Trinajstić information content (AvgIpc) is 3.55. The standard InChI is InChI=1S/C33H22ClNO6/c1-18-6-8-19(9-7-18)28-26-27(33(41-28)29(36)24-4-2-3-5-25(24)30(33)37)32(39)35(31(26)38)21-12-16-23(17-13-21)40-22-14-10-20(34)11-15-22/h2-17,26-28H,1H3/t26-,27+,28-/m0/s1. The van der Waals surface area contributed by atoms with Crippen molar-refractivity contribution < 1.29 is 28.7 Å². The number of ether oxygens (including phenoxy) is 2. The molecule has 1 aliphatic carbocycles. The summed E-state index contributed by atoms with van der Waals surface area (Å²) < 4.78 is 12.2. The molecule has 0 N–H and O–H groups in total. The SMILES string of the molecule is Cc1ccc([C@@H]2OC3(C(=O)c4ccccc4C3=O)[C@H]3C(=O)N(c4ccc(Oc5ccc(Cl)cc5)cc4)C(=O)[C@H]23)cc1. The predicted molar refractivity (Wildman–Crippen MR) is 150 cm³/mol. The summed E-state index contributed by atoms with van der Waals surface area (Å²) in [5.41, 5.74) is 0.212. The van der Waals surface area contributed by atoms with E-state index in [0.29, 0.717) is 27.8 Å². The Hall–Kier alpha value is -4.59. The smallest absolute Gasteiger partial charge is 0.241 e. The van der Waals surface area contributed by atoms with Crippen molar-refractivity contribution in [1.29, 1.82) is 0 Å². The lowest BCUT2D eigenvalue weighted by molar-refractivity contribution is -0.127. The Labute approximate surface area is 240 Å². The first-order chi connectivity index (χ1) is 19.8. The van der Waals surface area contributed by atoms with Crippen molar-refractivity contribution in [3.05, 3.63) is 124 Å². The minimum Gasteiger partial charge on any atom is -0.457 e. The summed E-state index contributed by atoms with van der Waals surface area (Å²) in [5.74, 6) is -3.64. The van der Waals surface area contributed by atoms with Crippen molar-refractivity contribution >= 4 is 40.7 Å². The van der Waals surface area contributed by atoms with Crippen LogP contribution >= 0.6 is 11.6 Å². The van der Waals surface area contributed by atoms with Gasteiger partial charge in [-0.3, -0.25) is 19.2 Å². The van der Waals surface area contributed by atoms with Crippen molar-refractivity contribution in [1.82, 2.24) is 0 Å². The number of nitrogens with zero attached hydrogens (tertiary/aromatic N) is 1. The molecule has 202 valence electrons. The van der Waals surface area contributed by atoms with Crippen LogP contribution in [0.4, 0.5) is 5.69 Å². The van der Waals surface area contributed by atoms with Crippen LogP contribution in [-0.2, 0) is 14.3 Å². The summed E-state index contributed by atoms with van der Waals surface area (Å²) in [5, 5.41) is 0.581. The molecule has 7 rings (SSSR count). The topological polar surface area (TPSA) is 90.0 Å². The molecule has 2 saturated heterocycles. The minimum atomic E-state index is -2.11. The van der Waals surface area contributed by atoms with Gasteiger partial charge in [0.2, 0.25) is 29.0 Å². The Bertz CT molecular complexity index is 1710. The number of benzene rings is 4. The number of halogens is 1. The largest absolute Gasteiger partial charge is 0.457 e. The Morgan fingerprint density at radius 3 is 1.88 bits per heavy atom. The van der Waals surface area contributed by atoms with Crippen LogP contribution in [0.2, 0.25) is 5.02 Å². The van der Waals surface area contributed by atoms with Gasteiger partial charge in [-0.1, -0.05) is 65.7 Å². The maximum atomic E-state index is 14.1. The zero-order valence-corrected chi connectivity index (χ0v) is 22.5. The first kappa shape index (κ1) is 25.4. The van der Waals surface area contributed by atoms with Crippen molar-refractivity contribution in [2.75, 3.05) is 4.90 Å². The van der Waals surface area contributed by atoms with Crippen LogP contribution in [0, 0.1) is 18.8 Å². The molecule has 8 heteroatoms. The van der Waals surface area contributed by atoms with Gasteiger partial charge >= 0.3 is 0 Å². The Balaban J connectivity index is 1.28. The van der Waals surface area contributed by atoms with Gasteiger partial charge in [-0.25, -0.2) is 4.90 Å². The maximum Gasteiger partial charge on any atom is 0.241 e. The monoisotopic (exact) mass is 563 g/mol. The molecule has 3 aliphatic rings. The first-order valence-corrected chi connectivity index (χ1v) is 13.5. The van der Waals surface area contributed by atoms with Crippen molar-refractivity contribution in [3.8, 4) is 11.5 Å².